The van der Waals surface area contributed by atoms with E-state index in [0.717, 1.165) is 11.1 Å². The van der Waals surface area contributed by atoms with E-state index in [1.54, 1.807) is 24.4 Å². The summed E-state index contributed by atoms with van der Waals surface area (Å²) in [6.45, 7) is 0. The number of pyridine rings is 1. The van der Waals surface area contributed by atoms with E-state index in [0.29, 0.717) is 20.8 Å². The lowest BCUT2D eigenvalue weighted by molar-refractivity contribution is 1.33. The largest absolute Gasteiger partial charge is 0.397 e. The Balaban J connectivity index is 2.63. The van der Waals surface area contributed by atoms with E-state index in [4.69, 9.17) is 40.5 Å². The second kappa shape index (κ2) is 4.50. The van der Waals surface area contributed by atoms with Gasteiger partial charge in [0, 0.05) is 28.0 Å². The summed E-state index contributed by atoms with van der Waals surface area (Å²) >= 11 is 17.7. The number of rotatable bonds is 1. The third-order valence-electron chi connectivity index (χ3n) is 2.11. The normalized spacial score (nSPS) is 10.4. The van der Waals surface area contributed by atoms with Crippen molar-refractivity contribution in [3.8, 4) is 11.1 Å². The van der Waals surface area contributed by atoms with Crippen LogP contribution in [0.2, 0.25) is 15.1 Å². The first-order chi connectivity index (χ1) is 7.58. The molecular weight excluding hydrogens is 266 g/mol. The van der Waals surface area contributed by atoms with Crippen LogP contribution in [0.4, 0.5) is 5.69 Å². The van der Waals surface area contributed by atoms with Crippen molar-refractivity contribution in [3.63, 3.8) is 0 Å². The van der Waals surface area contributed by atoms with Gasteiger partial charge in [0.05, 0.1) is 10.7 Å². The van der Waals surface area contributed by atoms with E-state index in [-0.39, 0.29) is 0 Å². The smallest absolute Gasteiger partial charge is 0.0824 e. The van der Waals surface area contributed by atoms with E-state index in [9.17, 15) is 0 Å². The number of anilines is 1. The van der Waals surface area contributed by atoms with Crippen molar-refractivity contribution >= 4 is 40.5 Å². The fraction of sp³-hybridized carbons (Fsp3) is 0. The first kappa shape index (κ1) is 11.5. The first-order valence-corrected chi connectivity index (χ1v) is 5.57. The maximum absolute atomic E-state index is 5.91. The summed E-state index contributed by atoms with van der Waals surface area (Å²) in [5.74, 6) is 0. The Morgan fingerprint density at radius 3 is 2.19 bits per heavy atom. The minimum Gasteiger partial charge on any atom is -0.397 e. The SMILES string of the molecule is Nc1c(Cl)cncc1-c1cc(Cl)cc(Cl)c1. The molecule has 5 heteroatoms. The molecule has 0 aliphatic rings. The lowest BCUT2D eigenvalue weighted by Gasteiger charge is -2.07. The van der Waals surface area contributed by atoms with Crippen LogP contribution in [0.25, 0.3) is 11.1 Å². The van der Waals surface area contributed by atoms with Crippen LogP contribution in [0.15, 0.2) is 30.6 Å². The fourth-order valence-electron chi connectivity index (χ4n) is 1.38. The number of halogens is 3. The molecule has 2 N–H and O–H groups in total. The highest BCUT2D eigenvalue weighted by Gasteiger charge is 2.08. The minimum absolute atomic E-state index is 0.411. The van der Waals surface area contributed by atoms with Crippen molar-refractivity contribution in [1.82, 2.24) is 4.98 Å². The maximum atomic E-state index is 5.91. The third kappa shape index (κ3) is 2.24. The standard InChI is InChI=1S/C11H7Cl3N2/c12-7-1-6(2-8(13)3-7)9-4-16-5-10(14)11(9)15/h1-5H,(H2,15,16). The molecule has 0 amide bonds. The number of benzene rings is 1. The number of nitrogens with zero attached hydrogens (tertiary/aromatic N) is 1. The van der Waals surface area contributed by atoms with Crippen molar-refractivity contribution < 1.29 is 0 Å². The van der Waals surface area contributed by atoms with Crippen molar-refractivity contribution in [1.29, 1.82) is 0 Å². The molecule has 0 saturated heterocycles. The highest BCUT2D eigenvalue weighted by molar-refractivity contribution is 6.35. The molecule has 16 heavy (non-hydrogen) atoms. The molecule has 2 aromatic rings. The number of nitrogen functional groups attached to an aromatic ring is 1. The zero-order valence-corrected chi connectivity index (χ0v) is 10.3. The molecule has 0 bridgehead atoms. The third-order valence-corrected chi connectivity index (χ3v) is 2.85. The van der Waals surface area contributed by atoms with E-state index < -0.39 is 0 Å². The highest BCUT2D eigenvalue weighted by Crippen LogP contribution is 2.33. The molecule has 1 aromatic carbocycles. The van der Waals surface area contributed by atoms with Crippen molar-refractivity contribution in [2.45, 2.75) is 0 Å². The van der Waals surface area contributed by atoms with Gasteiger partial charge in [-0.1, -0.05) is 34.8 Å². The summed E-state index contributed by atoms with van der Waals surface area (Å²) in [5.41, 5.74) is 7.84. The van der Waals surface area contributed by atoms with Crippen LogP contribution in [0.1, 0.15) is 0 Å². The molecule has 0 radical (unpaired) electrons. The van der Waals surface area contributed by atoms with Gasteiger partial charge in [-0.3, -0.25) is 4.98 Å². The fourth-order valence-corrected chi connectivity index (χ4v) is 2.07. The van der Waals surface area contributed by atoms with Gasteiger partial charge in [0.2, 0.25) is 0 Å². The first-order valence-electron chi connectivity index (χ1n) is 4.43. The molecule has 1 aromatic heterocycles. The number of hydrogen-bond donors (Lipinski definition) is 1. The lowest BCUT2D eigenvalue weighted by atomic mass is 10.1. The molecule has 2 nitrogen and oxygen atoms in total. The van der Waals surface area contributed by atoms with E-state index in [1.165, 1.54) is 6.20 Å². The molecule has 0 aliphatic heterocycles. The molecule has 0 aliphatic carbocycles. The van der Waals surface area contributed by atoms with E-state index in [1.807, 2.05) is 0 Å². The predicted octanol–water partition coefficient (Wildman–Crippen LogP) is 4.29. The van der Waals surface area contributed by atoms with Crippen molar-refractivity contribution in [2.24, 2.45) is 0 Å². The molecule has 1 heterocycles. The summed E-state index contributed by atoms with van der Waals surface area (Å²) in [5, 5.41) is 1.50. The monoisotopic (exact) mass is 272 g/mol. The molecule has 82 valence electrons. The quantitative estimate of drug-likeness (QED) is 0.842. The van der Waals surface area contributed by atoms with Gasteiger partial charge < -0.3 is 5.73 Å². The van der Waals surface area contributed by atoms with Gasteiger partial charge in [-0.15, -0.1) is 0 Å². The lowest BCUT2D eigenvalue weighted by Crippen LogP contribution is -1.92. The summed E-state index contributed by atoms with van der Waals surface area (Å²) in [6, 6.07) is 5.18. The van der Waals surface area contributed by atoms with Gasteiger partial charge in [-0.25, -0.2) is 0 Å². The van der Waals surface area contributed by atoms with Crippen LogP contribution < -0.4 is 5.73 Å². The van der Waals surface area contributed by atoms with E-state index >= 15 is 0 Å². The average Bonchev–Trinajstić information content (AvgIpc) is 2.20. The molecular formula is C11H7Cl3N2. The van der Waals surface area contributed by atoms with Crippen LogP contribution >= 0.6 is 34.8 Å². The van der Waals surface area contributed by atoms with Gasteiger partial charge in [-0.2, -0.15) is 0 Å². The summed E-state index contributed by atoms with van der Waals surface area (Å²) < 4.78 is 0. The topological polar surface area (TPSA) is 38.9 Å². The molecule has 2 rings (SSSR count). The molecule has 0 unspecified atom stereocenters. The van der Waals surface area contributed by atoms with Gasteiger partial charge in [0.15, 0.2) is 0 Å². The van der Waals surface area contributed by atoms with Crippen LogP contribution in [-0.2, 0) is 0 Å². The van der Waals surface area contributed by atoms with Gasteiger partial charge in [0.1, 0.15) is 0 Å². The zero-order valence-electron chi connectivity index (χ0n) is 8.05. The molecule has 0 fully saturated rings. The Kier molecular flexibility index (Phi) is 3.24. The van der Waals surface area contributed by atoms with Gasteiger partial charge >= 0.3 is 0 Å². The minimum atomic E-state index is 0.411. The highest BCUT2D eigenvalue weighted by atomic mass is 35.5. The summed E-state index contributed by atoms with van der Waals surface area (Å²) in [7, 11) is 0. The maximum Gasteiger partial charge on any atom is 0.0824 e. The molecule has 0 saturated carbocycles. The summed E-state index contributed by atoms with van der Waals surface area (Å²) in [4.78, 5) is 3.98. The number of hydrogen-bond acceptors (Lipinski definition) is 2. The van der Waals surface area contributed by atoms with E-state index in [2.05, 4.69) is 4.98 Å². The van der Waals surface area contributed by atoms with Crippen LogP contribution in [0, 0.1) is 0 Å². The Labute approximate surface area is 108 Å². The van der Waals surface area contributed by atoms with Gasteiger partial charge in [-0.05, 0) is 23.8 Å². The molecule has 0 atom stereocenters. The number of nitrogens with two attached hydrogens (primary N) is 1. The van der Waals surface area contributed by atoms with Crippen molar-refractivity contribution in [2.75, 3.05) is 5.73 Å². The second-order valence-corrected chi connectivity index (χ2v) is 4.52. The van der Waals surface area contributed by atoms with Crippen LogP contribution in [-0.4, -0.2) is 4.98 Å². The number of aromatic nitrogens is 1. The molecule has 0 spiro atoms. The summed E-state index contributed by atoms with van der Waals surface area (Å²) in [6.07, 6.45) is 3.12. The van der Waals surface area contributed by atoms with Crippen molar-refractivity contribution in [3.05, 3.63) is 45.7 Å². The predicted molar refractivity (Wildman–Crippen MR) is 69.1 cm³/mol. The average molecular weight is 274 g/mol. The zero-order chi connectivity index (χ0) is 11.7. The Bertz CT molecular complexity index is 520. The van der Waals surface area contributed by atoms with Crippen LogP contribution in [0.3, 0.4) is 0 Å². The second-order valence-electron chi connectivity index (χ2n) is 3.24. The Morgan fingerprint density at radius 2 is 1.56 bits per heavy atom. The Hall–Kier alpha value is -0.960. The van der Waals surface area contributed by atoms with Crippen LogP contribution in [0.5, 0.6) is 0 Å². The van der Waals surface area contributed by atoms with Gasteiger partial charge in [0.25, 0.3) is 0 Å². The Morgan fingerprint density at radius 1 is 0.938 bits per heavy atom.